The molecule has 0 unspecified atom stereocenters. The fourth-order valence-electron chi connectivity index (χ4n) is 1.95. The Bertz CT molecular complexity index is 741. The maximum absolute atomic E-state index is 12.3. The van der Waals surface area contributed by atoms with Gasteiger partial charge in [0.15, 0.2) is 10.1 Å². The SMILES string of the molecule is CC(=O)c1ccc(NC(=O)[C@@H](C)Sc2nnc(NC3CC3)s2)cc1. The molecule has 0 saturated heterocycles. The number of nitrogens with one attached hydrogen (secondary N) is 2. The highest BCUT2D eigenvalue weighted by molar-refractivity contribution is 8.02. The Balaban J connectivity index is 1.53. The highest BCUT2D eigenvalue weighted by Gasteiger charge is 2.23. The molecule has 0 radical (unpaired) electrons. The summed E-state index contributed by atoms with van der Waals surface area (Å²) >= 11 is 2.86. The van der Waals surface area contributed by atoms with Crippen LogP contribution < -0.4 is 10.6 Å². The molecule has 24 heavy (non-hydrogen) atoms. The van der Waals surface area contributed by atoms with Crippen LogP contribution in [0.2, 0.25) is 0 Å². The van der Waals surface area contributed by atoms with E-state index in [0.717, 1.165) is 9.47 Å². The van der Waals surface area contributed by atoms with Gasteiger partial charge in [0.05, 0.1) is 5.25 Å². The van der Waals surface area contributed by atoms with Crippen molar-refractivity contribution in [3.05, 3.63) is 29.8 Å². The van der Waals surface area contributed by atoms with Crippen molar-refractivity contribution < 1.29 is 9.59 Å². The van der Waals surface area contributed by atoms with Crippen molar-refractivity contribution in [1.29, 1.82) is 0 Å². The van der Waals surface area contributed by atoms with Crippen molar-refractivity contribution in [3.63, 3.8) is 0 Å². The predicted octanol–water partition coefficient (Wildman–Crippen LogP) is 3.43. The Morgan fingerprint density at radius 3 is 2.58 bits per heavy atom. The van der Waals surface area contributed by atoms with Crippen LogP contribution in [0.3, 0.4) is 0 Å². The number of rotatable bonds is 7. The van der Waals surface area contributed by atoms with Gasteiger partial charge in [0.2, 0.25) is 11.0 Å². The fourth-order valence-corrected chi connectivity index (χ4v) is 3.93. The number of Topliss-reactive ketones (excluding diaryl/α,β-unsaturated/α-hetero) is 1. The van der Waals surface area contributed by atoms with Crippen LogP contribution in [0.4, 0.5) is 10.8 Å². The molecule has 1 aromatic carbocycles. The number of amides is 1. The van der Waals surface area contributed by atoms with Crippen molar-refractivity contribution >= 4 is 45.6 Å². The van der Waals surface area contributed by atoms with Crippen molar-refractivity contribution in [2.45, 2.75) is 42.3 Å². The first-order chi connectivity index (χ1) is 11.5. The number of hydrogen-bond acceptors (Lipinski definition) is 7. The zero-order chi connectivity index (χ0) is 17.1. The number of ketones is 1. The third kappa shape index (κ3) is 4.55. The van der Waals surface area contributed by atoms with Crippen molar-refractivity contribution in [3.8, 4) is 0 Å². The number of anilines is 2. The van der Waals surface area contributed by atoms with E-state index in [1.807, 2.05) is 6.92 Å². The fraction of sp³-hybridized carbons (Fsp3) is 0.375. The van der Waals surface area contributed by atoms with E-state index >= 15 is 0 Å². The van der Waals surface area contributed by atoms with Crippen LogP contribution in [0.25, 0.3) is 0 Å². The highest BCUT2D eigenvalue weighted by Crippen LogP contribution is 2.32. The molecule has 1 saturated carbocycles. The smallest absolute Gasteiger partial charge is 0.237 e. The molecule has 8 heteroatoms. The quantitative estimate of drug-likeness (QED) is 0.580. The summed E-state index contributed by atoms with van der Waals surface area (Å²) in [5.74, 6) is -0.105. The summed E-state index contributed by atoms with van der Waals surface area (Å²) in [6, 6.07) is 7.41. The second kappa shape index (κ2) is 7.31. The summed E-state index contributed by atoms with van der Waals surface area (Å²) < 4.78 is 0.771. The van der Waals surface area contributed by atoms with Crippen LogP contribution in [0.15, 0.2) is 28.6 Å². The third-order valence-electron chi connectivity index (χ3n) is 3.52. The molecule has 126 valence electrons. The second-order valence-electron chi connectivity index (χ2n) is 5.67. The molecule has 1 heterocycles. The summed E-state index contributed by atoms with van der Waals surface area (Å²) in [4.78, 5) is 23.5. The zero-order valence-electron chi connectivity index (χ0n) is 13.4. The van der Waals surface area contributed by atoms with Crippen molar-refractivity contribution in [2.75, 3.05) is 10.6 Å². The van der Waals surface area contributed by atoms with E-state index in [0.29, 0.717) is 17.3 Å². The molecule has 1 aliphatic carbocycles. The molecule has 6 nitrogen and oxygen atoms in total. The lowest BCUT2D eigenvalue weighted by molar-refractivity contribution is -0.115. The van der Waals surface area contributed by atoms with Gasteiger partial charge in [0.1, 0.15) is 0 Å². The Morgan fingerprint density at radius 2 is 1.96 bits per heavy atom. The lowest BCUT2D eigenvalue weighted by Gasteiger charge is -2.10. The largest absolute Gasteiger partial charge is 0.357 e. The van der Waals surface area contributed by atoms with Gasteiger partial charge in [-0.2, -0.15) is 0 Å². The molecule has 1 atom stereocenters. The van der Waals surface area contributed by atoms with Crippen molar-refractivity contribution in [1.82, 2.24) is 10.2 Å². The van der Waals surface area contributed by atoms with Crippen molar-refractivity contribution in [2.24, 2.45) is 0 Å². The van der Waals surface area contributed by atoms with Crippen LogP contribution in [-0.2, 0) is 4.79 Å². The lowest BCUT2D eigenvalue weighted by atomic mass is 10.1. The molecular formula is C16H18N4O2S2. The van der Waals surface area contributed by atoms with Crippen LogP contribution >= 0.6 is 23.1 Å². The van der Waals surface area contributed by atoms with Gasteiger partial charge in [0.25, 0.3) is 0 Å². The van der Waals surface area contributed by atoms with Gasteiger partial charge in [-0.3, -0.25) is 9.59 Å². The Labute approximate surface area is 148 Å². The second-order valence-corrected chi connectivity index (χ2v) is 8.24. The Hall–Kier alpha value is -1.93. The third-order valence-corrected chi connectivity index (χ3v) is 5.56. The maximum Gasteiger partial charge on any atom is 0.237 e. The molecule has 0 aliphatic heterocycles. The number of hydrogen-bond donors (Lipinski definition) is 2. The number of nitrogens with zero attached hydrogens (tertiary/aromatic N) is 2. The van der Waals surface area contributed by atoms with E-state index < -0.39 is 0 Å². The first-order valence-electron chi connectivity index (χ1n) is 7.70. The van der Waals surface area contributed by atoms with Crippen LogP contribution in [0, 0.1) is 0 Å². The van der Waals surface area contributed by atoms with E-state index in [4.69, 9.17) is 0 Å². The Kier molecular flexibility index (Phi) is 5.15. The first kappa shape index (κ1) is 16.9. The molecular weight excluding hydrogens is 344 g/mol. The van der Waals surface area contributed by atoms with Crippen LogP contribution in [0.1, 0.15) is 37.0 Å². The molecule has 0 spiro atoms. The van der Waals surface area contributed by atoms with E-state index in [1.165, 1.54) is 42.9 Å². The summed E-state index contributed by atoms with van der Waals surface area (Å²) in [6.07, 6.45) is 2.37. The summed E-state index contributed by atoms with van der Waals surface area (Å²) in [7, 11) is 0. The summed E-state index contributed by atoms with van der Waals surface area (Å²) in [6.45, 7) is 3.35. The number of benzene rings is 1. The molecule has 2 aromatic rings. The molecule has 1 amide bonds. The highest BCUT2D eigenvalue weighted by atomic mass is 32.2. The van der Waals surface area contributed by atoms with Crippen LogP contribution in [0.5, 0.6) is 0 Å². The van der Waals surface area contributed by atoms with E-state index in [1.54, 1.807) is 24.3 Å². The van der Waals surface area contributed by atoms with Gasteiger partial charge in [0, 0.05) is 17.3 Å². The van der Waals surface area contributed by atoms with Crippen LogP contribution in [-0.4, -0.2) is 33.2 Å². The zero-order valence-corrected chi connectivity index (χ0v) is 15.0. The molecule has 1 fully saturated rings. The average molecular weight is 362 g/mol. The topological polar surface area (TPSA) is 84.0 Å². The summed E-state index contributed by atoms with van der Waals surface area (Å²) in [5.41, 5.74) is 1.30. The van der Waals surface area contributed by atoms with Gasteiger partial charge in [-0.05, 0) is 51.0 Å². The minimum atomic E-state index is -0.292. The monoisotopic (exact) mass is 362 g/mol. The van der Waals surface area contributed by atoms with Gasteiger partial charge in [-0.15, -0.1) is 10.2 Å². The summed E-state index contributed by atoms with van der Waals surface area (Å²) in [5, 5.41) is 14.9. The molecule has 2 N–H and O–H groups in total. The Morgan fingerprint density at radius 1 is 1.25 bits per heavy atom. The number of carbonyl (C=O) groups is 2. The predicted molar refractivity (Wildman–Crippen MR) is 96.9 cm³/mol. The van der Waals surface area contributed by atoms with Gasteiger partial charge in [-0.25, -0.2) is 0 Å². The normalized spacial score (nSPS) is 14.9. The molecule has 0 bridgehead atoms. The van der Waals surface area contributed by atoms with Gasteiger partial charge >= 0.3 is 0 Å². The molecule has 3 rings (SSSR count). The molecule has 1 aliphatic rings. The minimum absolute atomic E-state index is 0.00341. The van der Waals surface area contributed by atoms with E-state index in [-0.39, 0.29) is 16.9 Å². The molecule has 1 aromatic heterocycles. The first-order valence-corrected chi connectivity index (χ1v) is 9.39. The maximum atomic E-state index is 12.3. The minimum Gasteiger partial charge on any atom is -0.357 e. The number of carbonyl (C=O) groups excluding carboxylic acids is 2. The lowest BCUT2D eigenvalue weighted by Crippen LogP contribution is -2.22. The number of aromatic nitrogens is 2. The van der Waals surface area contributed by atoms with Gasteiger partial charge < -0.3 is 10.6 Å². The van der Waals surface area contributed by atoms with E-state index in [9.17, 15) is 9.59 Å². The number of thioether (sulfide) groups is 1. The van der Waals surface area contributed by atoms with Gasteiger partial charge in [-0.1, -0.05) is 23.1 Å². The average Bonchev–Trinajstić information content (AvgIpc) is 3.26. The van der Waals surface area contributed by atoms with E-state index in [2.05, 4.69) is 20.8 Å². The standard InChI is InChI=1S/C16H18N4O2S2/c1-9(21)11-3-5-12(6-4-11)17-14(22)10(2)23-16-20-19-15(24-16)18-13-7-8-13/h3-6,10,13H,7-8H2,1-2H3,(H,17,22)(H,18,19)/t10-/m1/s1.